The van der Waals surface area contributed by atoms with Crippen LogP contribution in [0.2, 0.25) is 0 Å². The molecule has 8 heavy (non-hydrogen) atoms. The van der Waals surface area contributed by atoms with Crippen LogP contribution in [-0.4, -0.2) is 23.9 Å². The van der Waals surface area contributed by atoms with Gasteiger partial charge in [0, 0.05) is 6.54 Å². The lowest BCUT2D eigenvalue weighted by Crippen LogP contribution is -2.26. The van der Waals surface area contributed by atoms with E-state index < -0.39 is 0 Å². The summed E-state index contributed by atoms with van der Waals surface area (Å²) in [7, 11) is 0. The fraction of sp³-hybridized carbons (Fsp3) is 0.800. The Morgan fingerprint density at radius 2 is 2.62 bits per heavy atom. The Morgan fingerprint density at radius 1 is 1.88 bits per heavy atom. The van der Waals surface area contributed by atoms with Crippen LogP contribution in [0.15, 0.2) is 5.10 Å². The van der Waals surface area contributed by atoms with Gasteiger partial charge in [0.25, 0.3) is 0 Å². The zero-order valence-corrected chi connectivity index (χ0v) is 5.31. The number of hydrazone groups is 1. The Hall–Kier alpha value is -0.730. The molecule has 0 spiro atoms. The Balaban J connectivity index is 2.46. The summed E-state index contributed by atoms with van der Waals surface area (Å²) in [6.45, 7) is 6.04. The molecule has 3 heteroatoms. The van der Waals surface area contributed by atoms with E-state index in [4.69, 9.17) is 0 Å². The molecule has 1 rings (SSSR count). The number of amidine groups is 1. The highest BCUT2D eigenvalue weighted by atomic mass is 15.5. The molecule has 1 heterocycles. The molecule has 0 bridgehead atoms. The standard InChI is InChI=1S/C5H11N3/c1-3-8-4-6-7-5(8)2/h6H,3-4H2,1-2H3. The third kappa shape index (κ3) is 0.757. The van der Waals surface area contributed by atoms with Crippen LogP contribution in [0, 0.1) is 0 Å². The van der Waals surface area contributed by atoms with Gasteiger partial charge in [-0.2, -0.15) is 5.10 Å². The Morgan fingerprint density at radius 3 is 2.88 bits per heavy atom. The molecule has 1 N–H and O–H groups in total. The molecule has 0 aromatic carbocycles. The van der Waals surface area contributed by atoms with E-state index >= 15 is 0 Å². The van der Waals surface area contributed by atoms with Gasteiger partial charge in [0.15, 0.2) is 0 Å². The monoisotopic (exact) mass is 113 g/mol. The van der Waals surface area contributed by atoms with Gasteiger partial charge < -0.3 is 4.90 Å². The van der Waals surface area contributed by atoms with Gasteiger partial charge in [-0.1, -0.05) is 0 Å². The van der Waals surface area contributed by atoms with Gasteiger partial charge in [-0.05, 0) is 13.8 Å². The maximum Gasteiger partial charge on any atom is 0.123 e. The fourth-order valence-electron chi connectivity index (χ4n) is 0.761. The lowest BCUT2D eigenvalue weighted by Gasteiger charge is -2.11. The third-order valence-electron chi connectivity index (χ3n) is 1.34. The molecule has 0 amide bonds. The lowest BCUT2D eigenvalue weighted by atomic mass is 10.5. The first-order valence-corrected chi connectivity index (χ1v) is 2.86. The highest BCUT2D eigenvalue weighted by Crippen LogP contribution is 1.93. The SMILES string of the molecule is CCN1CNN=C1C. The Labute approximate surface area is 49.4 Å². The first-order chi connectivity index (χ1) is 3.84. The topological polar surface area (TPSA) is 27.6 Å². The van der Waals surface area contributed by atoms with Crippen molar-refractivity contribution >= 4 is 5.84 Å². The molecule has 3 nitrogen and oxygen atoms in total. The van der Waals surface area contributed by atoms with Gasteiger partial charge in [-0.3, -0.25) is 5.43 Å². The van der Waals surface area contributed by atoms with Crippen molar-refractivity contribution in [3.8, 4) is 0 Å². The summed E-state index contributed by atoms with van der Waals surface area (Å²) in [6.07, 6.45) is 0. The number of nitrogens with zero attached hydrogens (tertiary/aromatic N) is 2. The molecule has 0 aromatic heterocycles. The van der Waals surface area contributed by atoms with Gasteiger partial charge in [0.05, 0.1) is 0 Å². The van der Waals surface area contributed by atoms with Crippen LogP contribution in [0.25, 0.3) is 0 Å². The normalized spacial score (nSPS) is 18.2. The average molecular weight is 113 g/mol. The highest BCUT2D eigenvalue weighted by Gasteiger charge is 2.07. The molecule has 46 valence electrons. The predicted octanol–water partition coefficient (Wildman–Crippen LogP) is 0.202. The largest absolute Gasteiger partial charge is 0.340 e. The molecular weight excluding hydrogens is 102 g/mol. The van der Waals surface area contributed by atoms with E-state index in [1.165, 1.54) is 0 Å². The van der Waals surface area contributed by atoms with E-state index in [0.29, 0.717) is 0 Å². The van der Waals surface area contributed by atoms with Crippen molar-refractivity contribution in [2.45, 2.75) is 13.8 Å². The van der Waals surface area contributed by atoms with E-state index in [1.807, 2.05) is 6.92 Å². The summed E-state index contributed by atoms with van der Waals surface area (Å²) in [5.74, 6) is 1.09. The van der Waals surface area contributed by atoms with Crippen molar-refractivity contribution in [2.75, 3.05) is 13.2 Å². The first kappa shape index (κ1) is 5.41. The van der Waals surface area contributed by atoms with Crippen molar-refractivity contribution in [1.29, 1.82) is 0 Å². The van der Waals surface area contributed by atoms with Crippen LogP contribution >= 0.6 is 0 Å². The molecule has 0 unspecified atom stereocenters. The van der Waals surface area contributed by atoms with Crippen LogP contribution in [0.4, 0.5) is 0 Å². The zero-order chi connectivity index (χ0) is 5.98. The molecule has 1 aliphatic heterocycles. The minimum atomic E-state index is 0.877. The van der Waals surface area contributed by atoms with Crippen LogP contribution in [0.5, 0.6) is 0 Å². The first-order valence-electron chi connectivity index (χ1n) is 2.86. The third-order valence-corrected chi connectivity index (χ3v) is 1.34. The predicted molar refractivity (Wildman–Crippen MR) is 33.5 cm³/mol. The van der Waals surface area contributed by atoms with Gasteiger partial charge in [0.1, 0.15) is 12.5 Å². The molecule has 0 aliphatic carbocycles. The molecule has 0 atom stereocenters. The van der Waals surface area contributed by atoms with Crippen LogP contribution in [0.3, 0.4) is 0 Å². The maximum atomic E-state index is 3.98. The van der Waals surface area contributed by atoms with Gasteiger partial charge >= 0.3 is 0 Å². The summed E-state index contributed by atoms with van der Waals surface area (Å²) >= 11 is 0. The van der Waals surface area contributed by atoms with E-state index in [-0.39, 0.29) is 0 Å². The second-order valence-electron chi connectivity index (χ2n) is 1.83. The minimum Gasteiger partial charge on any atom is -0.340 e. The number of hydrogen-bond acceptors (Lipinski definition) is 3. The second-order valence-corrected chi connectivity index (χ2v) is 1.83. The van der Waals surface area contributed by atoms with Gasteiger partial charge in [-0.25, -0.2) is 0 Å². The zero-order valence-electron chi connectivity index (χ0n) is 5.31. The number of rotatable bonds is 1. The number of hydrogen-bond donors (Lipinski definition) is 1. The van der Waals surface area contributed by atoms with Gasteiger partial charge in [0.2, 0.25) is 0 Å². The van der Waals surface area contributed by atoms with Crippen LogP contribution < -0.4 is 5.43 Å². The van der Waals surface area contributed by atoms with Crippen molar-refractivity contribution < 1.29 is 0 Å². The van der Waals surface area contributed by atoms with E-state index in [2.05, 4.69) is 22.4 Å². The molecular formula is C5H11N3. The molecule has 0 fully saturated rings. The highest BCUT2D eigenvalue weighted by molar-refractivity contribution is 5.80. The van der Waals surface area contributed by atoms with Crippen molar-refractivity contribution in [3.05, 3.63) is 0 Å². The lowest BCUT2D eigenvalue weighted by molar-refractivity contribution is 0.445. The molecule has 0 saturated carbocycles. The summed E-state index contributed by atoms with van der Waals surface area (Å²) < 4.78 is 0. The molecule has 0 saturated heterocycles. The molecule has 1 aliphatic rings. The second kappa shape index (κ2) is 2.03. The Kier molecular flexibility index (Phi) is 1.37. The summed E-state index contributed by atoms with van der Waals surface area (Å²) in [5.41, 5.74) is 2.89. The van der Waals surface area contributed by atoms with Crippen LogP contribution in [0.1, 0.15) is 13.8 Å². The van der Waals surface area contributed by atoms with Crippen molar-refractivity contribution in [3.63, 3.8) is 0 Å². The Bertz CT molecular complexity index is 108. The summed E-state index contributed by atoms with van der Waals surface area (Å²) in [5, 5.41) is 3.98. The number of nitrogens with one attached hydrogen (secondary N) is 1. The average Bonchev–Trinajstić information content (AvgIpc) is 2.14. The quantitative estimate of drug-likeness (QED) is 0.526. The fourth-order valence-corrected chi connectivity index (χ4v) is 0.761. The van der Waals surface area contributed by atoms with Gasteiger partial charge in [-0.15, -0.1) is 0 Å². The van der Waals surface area contributed by atoms with E-state index in [1.54, 1.807) is 0 Å². The molecule has 0 aromatic rings. The van der Waals surface area contributed by atoms with E-state index in [0.717, 1.165) is 19.0 Å². The van der Waals surface area contributed by atoms with E-state index in [9.17, 15) is 0 Å². The van der Waals surface area contributed by atoms with Crippen molar-refractivity contribution in [2.24, 2.45) is 5.10 Å². The summed E-state index contributed by atoms with van der Waals surface area (Å²) in [6, 6.07) is 0. The van der Waals surface area contributed by atoms with Crippen LogP contribution in [-0.2, 0) is 0 Å². The maximum absolute atomic E-state index is 3.98. The summed E-state index contributed by atoms with van der Waals surface area (Å²) in [4.78, 5) is 2.17. The molecule has 0 radical (unpaired) electrons. The van der Waals surface area contributed by atoms with Crippen molar-refractivity contribution in [1.82, 2.24) is 10.3 Å². The smallest absolute Gasteiger partial charge is 0.123 e. The minimum absolute atomic E-state index is 0.877.